The summed E-state index contributed by atoms with van der Waals surface area (Å²) in [5.74, 6) is 1.35. The smallest absolute Gasteiger partial charge is 0.378 e. The van der Waals surface area contributed by atoms with E-state index >= 15 is 0 Å². The van der Waals surface area contributed by atoms with E-state index in [-0.39, 0.29) is 17.5 Å². The predicted molar refractivity (Wildman–Crippen MR) is 86.0 cm³/mol. The summed E-state index contributed by atoms with van der Waals surface area (Å²) in [5.41, 5.74) is -0.852. The Morgan fingerprint density at radius 1 is 1.00 bits per heavy atom. The molecule has 0 radical (unpaired) electrons. The van der Waals surface area contributed by atoms with E-state index < -0.39 is 11.7 Å². The van der Waals surface area contributed by atoms with Gasteiger partial charge in [-0.05, 0) is 44.4 Å². The van der Waals surface area contributed by atoms with Gasteiger partial charge in [0, 0.05) is 36.5 Å². The van der Waals surface area contributed by atoms with Crippen LogP contribution in [0, 0.1) is 5.92 Å². The van der Waals surface area contributed by atoms with Crippen LogP contribution in [-0.4, -0.2) is 27.7 Å². The molecule has 0 N–H and O–H groups in total. The van der Waals surface area contributed by atoms with Crippen molar-refractivity contribution in [3.05, 3.63) is 30.0 Å². The van der Waals surface area contributed by atoms with Gasteiger partial charge in [0.05, 0.1) is 11.6 Å². The lowest BCUT2D eigenvalue weighted by molar-refractivity contribution is -0.136. The molecule has 0 saturated heterocycles. The van der Waals surface area contributed by atoms with Crippen molar-refractivity contribution in [2.24, 2.45) is 5.92 Å². The van der Waals surface area contributed by atoms with E-state index in [1.54, 1.807) is 0 Å². The zero-order valence-corrected chi connectivity index (χ0v) is 13.8. The summed E-state index contributed by atoms with van der Waals surface area (Å²) < 4.78 is 45.5. The standard InChI is InChI=1S/C18H20F3N3O/c19-18(20,21)15-9-22-7-13-8-23-17(24-16(13)15)12-3-5-14(6-4-12)25-10-11-1-2-11/h7-9,11-12,14H,1-6,10H2. The topological polar surface area (TPSA) is 47.9 Å². The summed E-state index contributed by atoms with van der Waals surface area (Å²) in [5, 5.41) is 0.319. The van der Waals surface area contributed by atoms with Crippen LogP contribution in [0.15, 0.2) is 18.6 Å². The van der Waals surface area contributed by atoms with E-state index in [0.717, 1.165) is 44.4 Å². The quantitative estimate of drug-likeness (QED) is 0.814. The minimum Gasteiger partial charge on any atom is -0.378 e. The Labute approximate surface area is 143 Å². The van der Waals surface area contributed by atoms with Crippen LogP contribution in [-0.2, 0) is 10.9 Å². The molecule has 2 saturated carbocycles. The van der Waals surface area contributed by atoms with Gasteiger partial charge >= 0.3 is 6.18 Å². The number of aromatic nitrogens is 3. The summed E-state index contributed by atoms with van der Waals surface area (Å²) in [6.45, 7) is 0.851. The zero-order chi connectivity index (χ0) is 17.4. The average molecular weight is 351 g/mol. The minimum atomic E-state index is -4.47. The van der Waals surface area contributed by atoms with Crippen molar-refractivity contribution in [3.8, 4) is 0 Å². The van der Waals surface area contributed by atoms with Gasteiger partial charge in [-0.2, -0.15) is 13.2 Å². The van der Waals surface area contributed by atoms with Gasteiger partial charge < -0.3 is 4.74 Å². The van der Waals surface area contributed by atoms with Gasteiger partial charge in [-0.15, -0.1) is 0 Å². The van der Waals surface area contributed by atoms with Crippen molar-refractivity contribution in [2.45, 2.75) is 56.7 Å². The first-order chi connectivity index (χ1) is 12.0. The van der Waals surface area contributed by atoms with Gasteiger partial charge in [-0.1, -0.05) is 0 Å². The summed E-state index contributed by atoms with van der Waals surface area (Å²) in [7, 11) is 0. The van der Waals surface area contributed by atoms with Crippen LogP contribution in [0.25, 0.3) is 10.9 Å². The summed E-state index contributed by atoms with van der Waals surface area (Å²) in [4.78, 5) is 12.2. The second-order valence-corrected chi connectivity index (χ2v) is 7.10. The predicted octanol–water partition coefficient (Wildman–Crippen LogP) is 4.50. The monoisotopic (exact) mass is 351 g/mol. The number of halogens is 3. The molecular weight excluding hydrogens is 331 g/mol. The highest BCUT2D eigenvalue weighted by Gasteiger charge is 2.34. The highest BCUT2D eigenvalue weighted by atomic mass is 19.4. The van der Waals surface area contributed by atoms with E-state index in [1.807, 2.05) is 0 Å². The fraction of sp³-hybridized carbons (Fsp3) is 0.611. The second kappa shape index (κ2) is 6.52. The zero-order valence-electron chi connectivity index (χ0n) is 13.8. The second-order valence-electron chi connectivity index (χ2n) is 7.10. The molecular formula is C18H20F3N3O. The van der Waals surface area contributed by atoms with Crippen LogP contribution in [0.2, 0.25) is 0 Å². The van der Waals surface area contributed by atoms with E-state index in [9.17, 15) is 13.2 Å². The van der Waals surface area contributed by atoms with Gasteiger partial charge in [-0.3, -0.25) is 4.98 Å². The fourth-order valence-electron chi connectivity index (χ4n) is 3.42. The van der Waals surface area contributed by atoms with Crippen LogP contribution >= 0.6 is 0 Å². The molecule has 0 amide bonds. The molecule has 2 aromatic heterocycles. The third-order valence-corrected chi connectivity index (χ3v) is 5.12. The van der Waals surface area contributed by atoms with Crippen LogP contribution in [0.3, 0.4) is 0 Å². The Kier molecular flexibility index (Phi) is 4.35. The van der Waals surface area contributed by atoms with Crippen molar-refractivity contribution in [3.63, 3.8) is 0 Å². The highest BCUT2D eigenvalue weighted by Crippen LogP contribution is 2.37. The van der Waals surface area contributed by atoms with E-state index in [1.165, 1.54) is 25.2 Å². The Morgan fingerprint density at radius 3 is 2.44 bits per heavy atom. The van der Waals surface area contributed by atoms with Gasteiger partial charge in [0.25, 0.3) is 0 Å². The van der Waals surface area contributed by atoms with Crippen molar-refractivity contribution < 1.29 is 17.9 Å². The van der Waals surface area contributed by atoms with Gasteiger partial charge in [-0.25, -0.2) is 9.97 Å². The Morgan fingerprint density at radius 2 is 1.76 bits per heavy atom. The molecule has 0 spiro atoms. The SMILES string of the molecule is FC(F)(F)c1cncc2cnc(C3CCC(OCC4CC4)CC3)nc12. The van der Waals surface area contributed by atoms with Crippen molar-refractivity contribution >= 4 is 10.9 Å². The minimum absolute atomic E-state index is 0.0559. The lowest BCUT2D eigenvalue weighted by atomic mass is 9.86. The van der Waals surface area contributed by atoms with Gasteiger partial charge in [0.1, 0.15) is 11.4 Å². The Balaban J connectivity index is 1.50. The molecule has 2 fully saturated rings. The molecule has 2 aliphatic rings. The first-order valence-electron chi connectivity index (χ1n) is 8.80. The molecule has 7 heteroatoms. The molecule has 2 aromatic rings. The van der Waals surface area contributed by atoms with Gasteiger partial charge in [0.2, 0.25) is 0 Å². The molecule has 2 heterocycles. The molecule has 0 aliphatic heterocycles. The number of hydrogen-bond acceptors (Lipinski definition) is 4. The number of pyridine rings is 1. The molecule has 134 valence electrons. The number of rotatable bonds is 4. The summed E-state index contributed by atoms with van der Waals surface area (Å²) in [6, 6.07) is 0. The number of ether oxygens (including phenoxy) is 1. The number of fused-ring (bicyclic) bond motifs is 1. The van der Waals surface area contributed by atoms with Crippen LogP contribution in [0.1, 0.15) is 55.8 Å². The molecule has 0 aromatic carbocycles. The largest absolute Gasteiger partial charge is 0.419 e. The molecule has 0 bridgehead atoms. The number of alkyl halides is 3. The van der Waals surface area contributed by atoms with Gasteiger partial charge in [0.15, 0.2) is 0 Å². The highest BCUT2D eigenvalue weighted by molar-refractivity contribution is 5.80. The molecule has 2 aliphatic carbocycles. The average Bonchev–Trinajstić information content (AvgIpc) is 3.43. The van der Waals surface area contributed by atoms with Crippen molar-refractivity contribution in [1.82, 2.24) is 15.0 Å². The van der Waals surface area contributed by atoms with Crippen molar-refractivity contribution in [1.29, 1.82) is 0 Å². The van der Waals surface area contributed by atoms with Crippen molar-refractivity contribution in [2.75, 3.05) is 6.61 Å². The van der Waals surface area contributed by atoms with Crippen LogP contribution in [0.5, 0.6) is 0 Å². The fourth-order valence-corrected chi connectivity index (χ4v) is 3.42. The maximum Gasteiger partial charge on any atom is 0.419 e. The third kappa shape index (κ3) is 3.76. The lowest BCUT2D eigenvalue weighted by Crippen LogP contribution is -2.22. The van der Waals surface area contributed by atoms with Crippen LogP contribution in [0.4, 0.5) is 13.2 Å². The Hall–Kier alpha value is -1.76. The number of nitrogens with zero attached hydrogens (tertiary/aromatic N) is 3. The Bertz CT molecular complexity index is 753. The summed E-state index contributed by atoms with van der Waals surface area (Å²) in [6.07, 6.45) is 5.56. The maximum atomic E-state index is 13.2. The molecule has 4 rings (SSSR count). The van der Waals surface area contributed by atoms with E-state index in [4.69, 9.17) is 4.74 Å². The van der Waals surface area contributed by atoms with Crippen LogP contribution < -0.4 is 0 Å². The van der Waals surface area contributed by atoms with E-state index in [0.29, 0.717) is 11.2 Å². The molecule has 25 heavy (non-hydrogen) atoms. The normalized spacial score (nSPS) is 24.6. The first kappa shape index (κ1) is 16.7. The lowest BCUT2D eigenvalue weighted by Gasteiger charge is -2.28. The maximum absolute atomic E-state index is 13.2. The molecule has 0 atom stereocenters. The number of hydrogen-bond donors (Lipinski definition) is 0. The third-order valence-electron chi connectivity index (χ3n) is 5.12. The summed E-state index contributed by atoms with van der Waals surface area (Å²) >= 11 is 0. The molecule has 4 nitrogen and oxygen atoms in total. The first-order valence-corrected chi connectivity index (χ1v) is 8.80. The van der Waals surface area contributed by atoms with E-state index in [2.05, 4.69) is 15.0 Å². The molecule has 0 unspecified atom stereocenters.